The second-order valence-corrected chi connectivity index (χ2v) is 13.9. The summed E-state index contributed by atoms with van der Waals surface area (Å²) in [4.78, 5) is 0. The van der Waals surface area contributed by atoms with Crippen molar-refractivity contribution in [2.24, 2.45) is 0 Å². The van der Waals surface area contributed by atoms with Crippen molar-refractivity contribution in [2.75, 3.05) is 5.32 Å². The van der Waals surface area contributed by atoms with Crippen LogP contribution in [0.3, 0.4) is 0 Å². The number of rotatable bonds is 6. The van der Waals surface area contributed by atoms with Gasteiger partial charge in [-0.1, -0.05) is 189 Å². The van der Waals surface area contributed by atoms with Crippen molar-refractivity contribution in [2.45, 2.75) is 24.5 Å². The van der Waals surface area contributed by atoms with E-state index in [2.05, 4.69) is 11.4 Å². The lowest BCUT2D eigenvalue weighted by molar-refractivity contribution is 0.660. The molecule has 0 aliphatic heterocycles. The van der Waals surface area contributed by atoms with Gasteiger partial charge in [0.15, 0.2) is 0 Å². The fourth-order valence-corrected chi connectivity index (χ4v) is 8.42. The minimum atomic E-state index is -3.78. The van der Waals surface area contributed by atoms with Gasteiger partial charge in [0.25, 0.3) is 0 Å². The van der Waals surface area contributed by atoms with Crippen molar-refractivity contribution in [3.05, 3.63) is 239 Å². The third kappa shape index (κ3) is 5.02. The molecule has 9 aromatic carbocycles. The summed E-state index contributed by atoms with van der Waals surface area (Å²) < 4.78 is 210. The highest BCUT2D eigenvalue weighted by Crippen LogP contribution is 2.57. The highest BCUT2D eigenvalue weighted by Gasteiger charge is 2.46. The van der Waals surface area contributed by atoms with Crippen molar-refractivity contribution in [3.8, 4) is 44.5 Å². The second kappa shape index (κ2) is 12.8. The van der Waals surface area contributed by atoms with Gasteiger partial charge in [0.1, 0.15) is 0 Å². The average Bonchev–Trinajstić information content (AvgIpc) is 3.33. The van der Waals surface area contributed by atoms with Crippen molar-refractivity contribution >= 4 is 22.1 Å². The molecule has 11 rings (SSSR count). The van der Waals surface area contributed by atoms with Crippen LogP contribution < -0.4 is 5.32 Å². The quantitative estimate of drug-likeness (QED) is 0.178. The van der Waals surface area contributed by atoms with Gasteiger partial charge in [0, 0.05) is 25.0 Å². The Hall–Kier alpha value is -6.96. The molecular weight excluding hydrogens is 687 g/mol. The topological polar surface area (TPSA) is 12.0 Å². The van der Waals surface area contributed by atoms with Crippen LogP contribution in [0.15, 0.2) is 206 Å². The lowest BCUT2D eigenvalue weighted by Crippen LogP contribution is -2.28. The van der Waals surface area contributed by atoms with Gasteiger partial charge in [0.05, 0.1) is 28.7 Å². The molecule has 2 aliphatic rings. The van der Waals surface area contributed by atoms with E-state index < -0.39 is 183 Å². The van der Waals surface area contributed by atoms with Crippen LogP contribution in [0.4, 0.5) is 11.4 Å². The molecule has 0 saturated carbocycles. The first kappa shape index (κ1) is 17.5. The van der Waals surface area contributed by atoms with Gasteiger partial charge in [-0.25, -0.2) is 0 Å². The van der Waals surface area contributed by atoms with Gasteiger partial charge < -0.3 is 5.32 Å². The number of hydrogen-bond acceptors (Lipinski definition) is 1. The van der Waals surface area contributed by atoms with Crippen molar-refractivity contribution in [1.29, 1.82) is 0 Å². The second-order valence-electron chi connectivity index (χ2n) is 13.9. The molecule has 57 heavy (non-hydrogen) atoms. The number of benzene rings is 9. The number of anilines is 2. The zero-order valence-corrected chi connectivity index (χ0v) is 29.8. The molecule has 0 heterocycles. The van der Waals surface area contributed by atoms with E-state index in [0.29, 0.717) is 5.69 Å². The Morgan fingerprint density at radius 2 is 1.12 bits per heavy atom. The third-order valence-electron chi connectivity index (χ3n) is 10.9. The van der Waals surface area contributed by atoms with E-state index in [1.165, 1.54) is 0 Å². The molecule has 1 nitrogen and oxygen atoms in total. The maximum atomic E-state index is 9.97. The Bertz CT molecular complexity index is 4120. The molecule has 1 heteroatoms. The lowest BCUT2D eigenvalue weighted by Gasteiger charge is -2.34. The minimum absolute atomic E-state index is 0.334. The smallest absolute Gasteiger partial charge is 0.0714 e. The molecule has 0 amide bonds. The van der Waals surface area contributed by atoms with Crippen LogP contribution in [-0.2, 0) is 10.8 Å². The van der Waals surface area contributed by atoms with Crippen LogP contribution in [0.25, 0.3) is 55.3 Å². The minimum Gasteiger partial charge on any atom is -0.356 e. The third-order valence-corrected chi connectivity index (χ3v) is 10.9. The molecule has 0 radical (unpaired) electrons. The van der Waals surface area contributed by atoms with Gasteiger partial charge in [0.2, 0.25) is 0 Å². The van der Waals surface area contributed by atoms with E-state index in [1.807, 2.05) is 91.0 Å². The molecule has 0 unspecified atom stereocenters. The molecule has 0 saturated heterocycles. The van der Waals surface area contributed by atoms with Gasteiger partial charge in [-0.05, 0) is 119 Å². The fraction of sp³-hybridized carbons (Fsp3) is 0.0714. The van der Waals surface area contributed by atoms with E-state index in [4.69, 9.17) is 17.8 Å². The van der Waals surface area contributed by atoms with E-state index in [0.717, 1.165) is 33.4 Å². The van der Waals surface area contributed by atoms with Crippen molar-refractivity contribution in [3.63, 3.8) is 0 Å². The molecule has 9 aromatic rings. The first-order valence-electron chi connectivity index (χ1n) is 29.6. The largest absolute Gasteiger partial charge is 0.356 e. The maximum Gasteiger partial charge on any atom is 0.0714 e. The summed E-state index contributed by atoms with van der Waals surface area (Å²) in [5, 5.41) is 1.72. The van der Waals surface area contributed by atoms with Gasteiger partial charge in [-0.15, -0.1) is 0 Å². The standard InChI is InChI=1S/C56H41N/c1-55(2)50-23-13-11-22-47(50)49-35-39(28-34-51(49)55)54-44-20-10-9-15-37(44)27-32-45(54)38-25-29-42(30-26-38)57-43-31-33-48-46-21-12-14-24-52(46)56(53(48)36-43,40-16-5-3-6-17-40)41-18-7-4-8-19-41/h3-36,57H,1-2H3/i1D3,2D3,9D,10D,11D,13D,15D,20D,22D,23D,25D,26D,27D,28D,29D,30D,32D,34D,35D. The number of nitrogens with one attached hydrogen (secondary N) is 1. The first-order chi connectivity index (χ1) is 37.6. The Morgan fingerprint density at radius 3 is 1.91 bits per heavy atom. The van der Waals surface area contributed by atoms with Gasteiger partial charge in [-0.2, -0.15) is 0 Å². The molecule has 0 aromatic heterocycles. The molecule has 0 fully saturated rings. The van der Waals surface area contributed by atoms with Gasteiger partial charge >= 0.3 is 0 Å². The zero-order valence-electron chi connectivity index (χ0n) is 52.8. The predicted molar refractivity (Wildman–Crippen MR) is 239 cm³/mol. The highest BCUT2D eigenvalue weighted by atomic mass is 14.9. The Morgan fingerprint density at radius 1 is 0.456 bits per heavy atom. The summed E-state index contributed by atoms with van der Waals surface area (Å²) in [6.07, 6.45) is 0. The normalized spacial score (nSPS) is 20.2. The summed E-state index contributed by atoms with van der Waals surface area (Å²) in [6.45, 7) is -7.57. The zero-order chi connectivity index (χ0) is 57.9. The average molecular weight is 751 g/mol. The summed E-state index contributed by atoms with van der Waals surface area (Å²) in [5.74, 6) is 0. The summed E-state index contributed by atoms with van der Waals surface area (Å²) in [7, 11) is 0. The van der Waals surface area contributed by atoms with Crippen molar-refractivity contribution in [1.82, 2.24) is 0 Å². The predicted octanol–water partition coefficient (Wildman–Crippen LogP) is 14.6. The number of hydrogen-bond donors (Lipinski definition) is 1. The van der Waals surface area contributed by atoms with Crippen LogP contribution >= 0.6 is 0 Å². The molecular formula is C56H41N. The summed E-state index contributed by atoms with van der Waals surface area (Å²) in [5.41, 5.74) is -5.88. The lowest BCUT2D eigenvalue weighted by atomic mass is 9.67. The molecule has 0 atom stereocenters. The van der Waals surface area contributed by atoms with E-state index in [-0.39, 0.29) is 5.69 Å². The molecule has 0 bridgehead atoms. The van der Waals surface area contributed by atoms with E-state index in [9.17, 15) is 13.7 Å². The van der Waals surface area contributed by atoms with Crippen LogP contribution in [0, 0.1) is 0 Å². The van der Waals surface area contributed by atoms with Crippen LogP contribution in [-0.4, -0.2) is 0 Å². The summed E-state index contributed by atoms with van der Waals surface area (Å²) >= 11 is 0. The summed E-state index contributed by atoms with van der Waals surface area (Å²) in [6, 6.07) is 16.6. The molecule has 270 valence electrons. The van der Waals surface area contributed by atoms with E-state index in [1.54, 1.807) is 6.07 Å². The maximum absolute atomic E-state index is 9.97. The van der Waals surface area contributed by atoms with Crippen LogP contribution in [0.5, 0.6) is 0 Å². The van der Waals surface area contributed by atoms with Crippen LogP contribution in [0.2, 0.25) is 0 Å². The molecule has 2 aliphatic carbocycles. The fourth-order valence-electron chi connectivity index (χ4n) is 8.42. The Kier molecular flexibility index (Phi) is 3.92. The first-order valence-corrected chi connectivity index (χ1v) is 18.1. The molecule has 1 N–H and O–H groups in total. The SMILES string of the molecule is [2H]c1c([2H])c([2H])c2c(c1[2H])-c1c([2H])c(-c3c(-c4c([2H])c([2H])c(Nc5ccc6c(c5)C(c5ccccc5)(c5ccccc5)c5ccccc5-6)c([2H])c4[2H])c([2H])c([2H])c4c([2H])c([2H])c([2H])c([2H])c34)c([2H])c([2H])c1C2(C([2H])([2H])[2H])C([2H])([2H])[2H]. The highest BCUT2D eigenvalue weighted by molar-refractivity contribution is 6.05. The monoisotopic (exact) mass is 750 g/mol. The van der Waals surface area contributed by atoms with Crippen molar-refractivity contribution < 1.29 is 31.5 Å². The Labute approximate surface area is 367 Å². The molecule has 0 spiro atoms. The Balaban J connectivity index is 1.21. The van der Waals surface area contributed by atoms with Crippen LogP contribution in [0.1, 0.15) is 78.6 Å². The van der Waals surface area contributed by atoms with Gasteiger partial charge in [-0.3, -0.25) is 0 Å². The number of fused-ring (bicyclic) bond motifs is 7. The van der Waals surface area contributed by atoms with E-state index >= 15 is 0 Å².